The molecule has 0 spiro atoms. The van der Waals surface area contributed by atoms with Gasteiger partial charge >= 0.3 is 9.28 Å². The first-order valence-electron chi connectivity index (χ1n) is 1.87. The van der Waals surface area contributed by atoms with E-state index < -0.39 is 9.28 Å². The Kier molecular flexibility index (Phi) is 9.99. The Morgan fingerprint density at radius 2 is 1.43 bits per heavy atom. The fraction of sp³-hybridized carbons (Fsp3) is 1.00. The first-order chi connectivity index (χ1) is 2.81. The molecule has 0 aromatic carbocycles. The zero-order chi connectivity index (χ0) is 4.99. The van der Waals surface area contributed by atoms with Gasteiger partial charge in [0.25, 0.3) is 0 Å². The van der Waals surface area contributed by atoms with E-state index in [0.29, 0.717) is 0 Å². The van der Waals surface area contributed by atoms with E-state index in [-0.39, 0.29) is 17.0 Å². The average molecular weight is 187 g/mol. The topological polar surface area (TPSA) is 18.5 Å². The lowest BCUT2D eigenvalue weighted by Crippen LogP contribution is -2.12. The van der Waals surface area contributed by atoms with Crippen molar-refractivity contribution in [3.05, 3.63) is 0 Å². The minimum atomic E-state index is -1.16. The monoisotopic (exact) mass is 186 g/mol. The summed E-state index contributed by atoms with van der Waals surface area (Å²) in [5.74, 6) is 0. The van der Waals surface area contributed by atoms with Gasteiger partial charge in [-0.05, 0) is 6.55 Å². The molecule has 0 rings (SSSR count). The van der Waals surface area contributed by atoms with Crippen molar-refractivity contribution in [3.8, 4) is 0 Å². The third-order valence-corrected chi connectivity index (χ3v) is 1.99. The summed E-state index contributed by atoms with van der Waals surface area (Å²) >= 11 is 0. The normalized spacial score (nSPS) is 8.57. The molecule has 4 heteroatoms. The van der Waals surface area contributed by atoms with Crippen LogP contribution in [0.1, 0.15) is 0 Å². The molecule has 0 aromatic heterocycles. The van der Waals surface area contributed by atoms with Gasteiger partial charge < -0.3 is 8.85 Å². The van der Waals surface area contributed by atoms with E-state index in [4.69, 9.17) is 8.85 Å². The van der Waals surface area contributed by atoms with Crippen molar-refractivity contribution in [1.29, 1.82) is 0 Å². The number of halogens is 1. The Labute approximate surface area is 56.4 Å². The van der Waals surface area contributed by atoms with Gasteiger partial charge in [0.05, 0.1) is 0 Å². The molecular weight excluding hydrogens is 176 g/mol. The van der Waals surface area contributed by atoms with Gasteiger partial charge in [0.1, 0.15) is 0 Å². The molecular formula is C3H11BrO2Si. The number of hydrogen-bond acceptors (Lipinski definition) is 2. The summed E-state index contributed by atoms with van der Waals surface area (Å²) in [5, 5.41) is 0. The molecule has 0 radical (unpaired) electrons. The molecule has 0 bridgehead atoms. The standard InChI is InChI=1S/C3H10O2Si.BrH/c1-4-6(3)5-2;/h6H,1-3H3;1H. The highest BCUT2D eigenvalue weighted by Crippen LogP contribution is 1.77. The zero-order valence-corrected chi connectivity index (χ0v) is 7.67. The second-order valence-electron chi connectivity index (χ2n) is 1.04. The van der Waals surface area contributed by atoms with Crippen LogP contribution in [0.25, 0.3) is 0 Å². The highest BCUT2D eigenvalue weighted by molar-refractivity contribution is 8.93. The smallest absolute Gasteiger partial charge is 0.317 e. The van der Waals surface area contributed by atoms with Gasteiger partial charge in [0.2, 0.25) is 0 Å². The zero-order valence-electron chi connectivity index (χ0n) is 4.80. The molecule has 0 saturated heterocycles. The Morgan fingerprint density at radius 3 is 1.43 bits per heavy atom. The van der Waals surface area contributed by atoms with E-state index in [1.165, 1.54) is 0 Å². The summed E-state index contributed by atoms with van der Waals surface area (Å²) in [6.07, 6.45) is 0. The molecule has 7 heavy (non-hydrogen) atoms. The maximum Gasteiger partial charge on any atom is 0.317 e. The van der Waals surface area contributed by atoms with Gasteiger partial charge in [0, 0.05) is 14.2 Å². The van der Waals surface area contributed by atoms with Crippen LogP contribution in [0.5, 0.6) is 0 Å². The van der Waals surface area contributed by atoms with E-state index in [9.17, 15) is 0 Å². The Morgan fingerprint density at radius 1 is 1.14 bits per heavy atom. The second kappa shape index (κ2) is 6.62. The molecule has 0 atom stereocenters. The number of hydrogen-bond donors (Lipinski definition) is 0. The van der Waals surface area contributed by atoms with Gasteiger partial charge in [-0.15, -0.1) is 17.0 Å². The SMILES string of the molecule is Br.CO[SiH](C)OC. The molecule has 0 saturated carbocycles. The van der Waals surface area contributed by atoms with E-state index in [2.05, 4.69) is 0 Å². The van der Waals surface area contributed by atoms with Gasteiger partial charge in [-0.25, -0.2) is 0 Å². The average Bonchev–Trinajstić information content (AvgIpc) is 1.65. The van der Waals surface area contributed by atoms with Crippen molar-refractivity contribution in [3.63, 3.8) is 0 Å². The third kappa shape index (κ3) is 6.62. The molecule has 0 unspecified atom stereocenters. The van der Waals surface area contributed by atoms with E-state index in [0.717, 1.165) is 0 Å². The second-order valence-corrected chi connectivity index (χ2v) is 3.12. The van der Waals surface area contributed by atoms with Crippen molar-refractivity contribution in [2.24, 2.45) is 0 Å². The molecule has 0 aliphatic carbocycles. The van der Waals surface area contributed by atoms with E-state index >= 15 is 0 Å². The first kappa shape index (κ1) is 10.6. The Bertz CT molecular complexity index is 32.1. The minimum absolute atomic E-state index is 0. The van der Waals surface area contributed by atoms with Gasteiger partial charge in [-0.1, -0.05) is 0 Å². The van der Waals surface area contributed by atoms with Crippen LogP contribution in [0.3, 0.4) is 0 Å². The fourth-order valence-electron chi connectivity index (χ4n) is 0.0962. The van der Waals surface area contributed by atoms with Crippen molar-refractivity contribution in [2.75, 3.05) is 14.2 Å². The van der Waals surface area contributed by atoms with Crippen LogP contribution in [0, 0.1) is 0 Å². The molecule has 0 aliphatic rings. The summed E-state index contributed by atoms with van der Waals surface area (Å²) in [6, 6.07) is 0. The number of rotatable bonds is 2. The lowest BCUT2D eigenvalue weighted by molar-refractivity contribution is 0.285. The predicted octanol–water partition coefficient (Wildman–Crippen LogP) is 0.707. The molecule has 0 N–H and O–H groups in total. The van der Waals surface area contributed by atoms with E-state index in [1.54, 1.807) is 14.2 Å². The molecule has 0 aliphatic heterocycles. The van der Waals surface area contributed by atoms with Crippen LogP contribution in [0.2, 0.25) is 6.55 Å². The molecule has 0 fully saturated rings. The maximum atomic E-state index is 4.82. The third-order valence-electron chi connectivity index (χ3n) is 0.664. The van der Waals surface area contributed by atoms with Gasteiger partial charge in [-0.2, -0.15) is 0 Å². The lowest BCUT2D eigenvalue weighted by atomic mass is 11.8. The Balaban J connectivity index is 0. The highest BCUT2D eigenvalue weighted by Gasteiger charge is 1.94. The quantitative estimate of drug-likeness (QED) is 0.592. The summed E-state index contributed by atoms with van der Waals surface area (Å²) in [5.41, 5.74) is 0. The molecule has 0 amide bonds. The van der Waals surface area contributed by atoms with E-state index in [1.807, 2.05) is 6.55 Å². The lowest BCUT2D eigenvalue weighted by Gasteiger charge is -2.00. The summed E-state index contributed by atoms with van der Waals surface area (Å²) in [4.78, 5) is 0. The van der Waals surface area contributed by atoms with Crippen LogP contribution in [0.15, 0.2) is 0 Å². The fourth-order valence-corrected chi connectivity index (χ4v) is 0.289. The maximum absolute atomic E-state index is 4.82. The van der Waals surface area contributed by atoms with Crippen molar-refractivity contribution in [2.45, 2.75) is 6.55 Å². The largest absolute Gasteiger partial charge is 0.400 e. The van der Waals surface area contributed by atoms with Crippen molar-refractivity contribution < 1.29 is 8.85 Å². The first-order valence-corrected chi connectivity index (χ1v) is 3.96. The van der Waals surface area contributed by atoms with Gasteiger partial charge in [-0.3, -0.25) is 0 Å². The van der Waals surface area contributed by atoms with Crippen molar-refractivity contribution >= 4 is 26.3 Å². The molecule has 46 valence electrons. The van der Waals surface area contributed by atoms with Crippen LogP contribution in [-0.2, 0) is 8.85 Å². The summed E-state index contributed by atoms with van der Waals surface area (Å²) in [6.45, 7) is 1.97. The van der Waals surface area contributed by atoms with Gasteiger partial charge in [0.15, 0.2) is 0 Å². The minimum Gasteiger partial charge on any atom is -0.400 e. The summed E-state index contributed by atoms with van der Waals surface area (Å²) < 4.78 is 9.63. The summed E-state index contributed by atoms with van der Waals surface area (Å²) in [7, 11) is 2.17. The van der Waals surface area contributed by atoms with Crippen LogP contribution in [0.4, 0.5) is 0 Å². The molecule has 2 nitrogen and oxygen atoms in total. The van der Waals surface area contributed by atoms with Crippen molar-refractivity contribution in [1.82, 2.24) is 0 Å². The van der Waals surface area contributed by atoms with Crippen LogP contribution in [-0.4, -0.2) is 23.5 Å². The Hall–Kier alpha value is 0.617. The van der Waals surface area contributed by atoms with Crippen LogP contribution >= 0.6 is 17.0 Å². The molecule has 0 aromatic rings. The molecule has 0 heterocycles. The van der Waals surface area contributed by atoms with Crippen LogP contribution < -0.4 is 0 Å². The highest BCUT2D eigenvalue weighted by atomic mass is 79.9. The predicted molar refractivity (Wildman–Crippen MR) is 37.4 cm³/mol.